The second-order valence-electron chi connectivity index (χ2n) is 19.4. The maximum Gasteiger partial charge on any atom is 0.261 e. The van der Waals surface area contributed by atoms with Crippen molar-refractivity contribution < 1.29 is 37.2 Å². The second kappa shape index (κ2) is 22.2. The molecule has 0 saturated carbocycles. The number of methoxy groups -OCH3 is 2. The van der Waals surface area contributed by atoms with Crippen LogP contribution in [0.5, 0.6) is 11.5 Å². The molecule has 1 amide bonds. The SMILES string of the molecule is COc1ccc(C(OC[C@H]2O[C@@H](n3ccc4c(=O)[nH]c(NC(=O)C(C)C)nc43)[C@H](O[Si](C)(C)C(C)(C)C)[C@@H]2OP(OCCC#N)N(C(C)C)C(C)C)(c2ccccc2)c2ccc(OC)cc2)cc1. The quantitative estimate of drug-likeness (QED) is 0.0309. The van der Waals surface area contributed by atoms with Gasteiger partial charge in [-0.15, -0.1) is 0 Å². The highest BCUT2D eigenvalue weighted by molar-refractivity contribution is 7.44. The molecule has 0 aliphatic carbocycles. The Labute approximate surface area is 403 Å². The zero-order valence-electron chi connectivity index (χ0n) is 41.7. The number of benzene rings is 3. The smallest absolute Gasteiger partial charge is 0.261 e. The van der Waals surface area contributed by atoms with Crippen LogP contribution < -0.4 is 20.3 Å². The molecule has 0 bridgehead atoms. The van der Waals surface area contributed by atoms with Gasteiger partial charge in [0.05, 0.1) is 45.3 Å². The van der Waals surface area contributed by atoms with E-state index in [4.69, 9.17) is 37.4 Å². The molecule has 3 heterocycles. The Morgan fingerprint density at radius 3 is 1.99 bits per heavy atom. The lowest BCUT2D eigenvalue weighted by molar-refractivity contribution is -0.118. The van der Waals surface area contributed by atoms with E-state index in [2.05, 4.69) is 82.6 Å². The van der Waals surface area contributed by atoms with E-state index in [-0.39, 0.29) is 60.2 Å². The van der Waals surface area contributed by atoms with E-state index in [9.17, 15) is 14.9 Å². The van der Waals surface area contributed by atoms with Crippen molar-refractivity contribution in [2.24, 2.45) is 5.92 Å². The molecule has 2 N–H and O–H groups in total. The Kier molecular flexibility index (Phi) is 17.1. The summed E-state index contributed by atoms with van der Waals surface area (Å²) >= 11 is 0. The lowest BCUT2D eigenvalue weighted by atomic mass is 9.80. The standard InChI is InChI=1S/C51H69N6O9PSi/c1-33(2)46(58)54-49-53-45-41(47(59)55-49)28-30-56(45)48-44(66-68(12,13)50(7,8)9)43(65-67(63-31-17-29-52)57(34(3)4)35(5)6)42(64-48)32-62-51(36-18-15-14-16-19-36,37-20-24-39(60-10)25-21-37)38-22-26-40(61-11)27-23-38/h14-16,18-28,30,33-35,42-44,48H,17,31-32H2,1-13H3,(H2,53,54,55,58,59)/t42-,43-,44-,48-,67?/m1/s1. The maximum atomic E-state index is 13.7. The van der Waals surface area contributed by atoms with Gasteiger partial charge in [-0.3, -0.25) is 19.9 Å². The van der Waals surface area contributed by atoms with Gasteiger partial charge >= 0.3 is 0 Å². The molecule has 6 rings (SSSR count). The minimum Gasteiger partial charge on any atom is -0.497 e. The summed E-state index contributed by atoms with van der Waals surface area (Å²) in [5.41, 5.74) is 1.18. The Hall–Kier alpha value is -4.95. The number of rotatable bonds is 21. The highest BCUT2D eigenvalue weighted by Crippen LogP contribution is 2.53. The maximum absolute atomic E-state index is 13.7. The fourth-order valence-electron chi connectivity index (χ4n) is 8.08. The number of hydrogen-bond donors (Lipinski definition) is 2. The molecule has 366 valence electrons. The third kappa shape index (κ3) is 11.4. The molecule has 1 saturated heterocycles. The van der Waals surface area contributed by atoms with Crippen LogP contribution in [0, 0.1) is 17.2 Å². The van der Waals surface area contributed by atoms with E-state index in [1.54, 1.807) is 44.9 Å². The number of carbonyl (C=O) groups excluding carboxylic acids is 1. The fraction of sp³-hybridized carbons (Fsp3) is 0.490. The molecule has 1 aliphatic heterocycles. The van der Waals surface area contributed by atoms with E-state index < -0.39 is 52.5 Å². The van der Waals surface area contributed by atoms with Crippen LogP contribution in [0.2, 0.25) is 18.1 Å². The van der Waals surface area contributed by atoms with Gasteiger partial charge in [-0.1, -0.05) is 89.2 Å². The average molecular weight is 969 g/mol. The van der Waals surface area contributed by atoms with Crippen LogP contribution >= 0.6 is 8.53 Å². The average Bonchev–Trinajstić information content (AvgIpc) is 3.87. The third-order valence-electron chi connectivity index (χ3n) is 12.7. The highest BCUT2D eigenvalue weighted by atomic mass is 31.2. The van der Waals surface area contributed by atoms with Gasteiger partial charge in [0.15, 0.2) is 20.2 Å². The monoisotopic (exact) mass is 968 g/mol. The van der Waals surface area contributed by atoms with Crippen LogP contribution in [-0.4, -0.2) is 91.3 Å². The van der Waals surface area contributed by atoms with Gasteiger partial charge in [-0.05, 0) is 92.8 Å². The number of anilines is 1. The molecule has 0 radical (unpaired) electrons. The Balaban J connectivity index is 1.59. The van der Waals surface area contributed by atoms with E-state index in [0.717, 1.165) is 16.7 Å². The van der Waals surface area contributed by atoms with E-state index in [1.807, 2.05) is 78.9 Å². The highest BCUT2D eigenvalue weighted by Gasteiger charge is 2.54. The summed E-state index contributed by atoms with van der Waals surface area (Å²) in [5, 5.41) is 12.5. The van der Waals surface area contributed by atoms with Gasteiger partial charge in [0.2, 0.25) is 11.9 Å². The third-order valence-corrected chi connectivity index (χ3v) is 19.3. The molecule has 15 nitrogen and oxygen atoms in total. The number of nitriles is 1. The van der Waals surface area contributed by atoms with Crippen molar-refractivity contribution in [1.82, 2.24) is 19.2 Å². The van der Waals surface area contributed by atoms with Gasteiger partial charge < -0.3 is 37.0 Å². The van der Waals surface area contributed by atoms with Crippen LogP contribution in [0.15, 0.2) is 95.9 Å². The number of aromatic amines is 1. The first-order valence-electron chi connectivity index (χ1n) is 23.2. The molecule has 0 spiro atoms. The topological polar surface area (TPSA) is 171 Å². The predicted molar refractivity (Wildman–Crippen MR) is 268 cm³/mol. The van der Waals surface area contributed by atoms with Crippen molar-refractivity contribution >= 4 is 39.7 Å². The van der Waals surface area contributed by atoms with Crippen molar-refractivity contribution in [2.75, 3.05) is 32.8 Å². The van der Waals surface area contributed by atoms with Crippen LogP contribution in [-0.2, 0) is 33.3 Å². The van der Waals surface area contributed by atoms with E-state index in [0.29, 0.717) is 16.9 Å². The van der Waals surface area contributed by atoms with Crippen LogP contribution in [0.1, 0.15) is 91.7 Å². The number of nitrogens with one attached hydrogen (secondary N) is 2. The summed E-state index contributed by atoms with van der Waals surface area (Å²) in [5.74, 6) is 0.734. The zero-order chi connectivity index (χ0) is 49.6. The Morgan fingerprint density at radius 1 is 0.897 bits per heavy atom. The number of ether oxygens (including phenoxy) is 4. The molecule has 68 heavy (non-hydrogen) atoms. The predicted octanol–water partition coefficient (Wildman–Crippen LogP) is 10.3. The lowest BCUT2D eigenvalue weighted by Crippen LogP contribution is -2.50. The number of fused-ring (bicyclic) bond motifs is 1. The van der Waals surface area contributed by atoms with Gasteiger partial charge in [0.1, 0.15) is 35.4 Å². The molecule has 5 aromatic rings. The minimum atomic E-state index is -2.68. The first-order chi connectivity index (χ1) is 32.3. The second-order valence-corrected chi connectivity index (χ2v) is 25.5. The molecular weight excluding hydrogens is 900 g/mol. The summed E-state index contributed by atoms with van der Waals surface area (Å²) in [7, 11) is -1.25. The first-order valence-corrected chi connectivity index (χ1v) is 27.3. The lowest BCUT2D eigenvalue weighted by Gasteiger charge is -2.42. The van der Waals surface area contributed by atoms with Gasteiger partial charge in [0.25, 0.3) is 14.1 Å². The number of carbonyl (C=O) groups is 1. The molecule has 2 aromatic heterocycles. The van der Waals surface area contributed by atoms with Gasteiger partial charge in [0, 0.05) is 24.2 Å². The van der Waals surface area contributed by atoms with Crippen molar-refractivity contribution in [3.05, 3.63) is 118 Å². The Morgan fingerprint density at radius 2 is 1.47 bits per heavy atom. The van der Waals surface area contributed by atoms with Crippen LogP contribution in [0.4, 0.5) is 5.95 Å². The molecule has 1 fully saturated rings. The van der Waals surface area contributed by atoms with Crippen molar-refractivity contribution in [3.8, 4) is 17.6 Å². The van der Waals surface area contributed by atoms with Crippen molar-refractivity contribution in [3.63, 3.8) is 0 Å². The summed E-state index contributed by atoms with van der Waals surface area (Å²) in [4.78, 5) is 34.1. The largest absolute Gasteiger partial charge is 0.497 e. The zero-order valence-corrected chi connectivity index (χ0v) is 43.6. The molecular formula is C51H69N6O9PSi. The van der Waals surface area contributed by atoms with Crippen LogP contribution in [0.25, 0.3) is 11.0 Å². The number of aromatic nitrogens is 3. The number of nitrogens with zero attached hydrogens (tertiary/aromatic N) is 4. The molecule has 17 heteroatoms. The molecule has 1 unspecified atom stereocenters. The summed E-state index contributed by atoms with van der Waals surface area (Å²) in [6.45, 7) is 22.9. The number of amides is 1. The number of H-pyrrole nitrogens is 1. The summed E-state index contributed by atoms with van der Waals surface area (Å²) in [6, 6.07) is 29.6. The summed E-state index contributed by atoms with van der Waals surface area (Å²) < 4.78 is 51.5. The fourth-order valence-corrected chi connectivity index (χ4v) is 11.1. The van der Waals surface area contributed by atoms with Crippen molar-refractivity contribution in [2.45, 2.75) is 129 Å². The van der Waals surface area contributed by atoms with Gasteiger partial charge in [-0.25, -0.2) is 4.67 Å². The van der Waals surface area contributed by atoms with E-state index >= 15 is 0 Å². The molecule has 5 atom stereocenters. The molecule has 1 aliphatic rings. The minimum absolute atomic E-state index is 0.00422. The Bertz CT molecular complexity index is 2480. The van der Waals surface area contributed by atoms with E-state index in [1.165, 1.54) is 0 Å². The number of hydrogen-bond acceptors (Lipinski definition) is 12. The normalized spacial score (nSPS) is 18.4. The van der Waals surface area contributed by atoms with Gasteiger partial charge in [-0.2, -0.15) is 10.2 Å². The van der Waals surface area contributed by atoms with Crippen molar-refractivity contribution in [1.29, 1.82) is 5.26 Å². The molecule has 3 aromatic carbocycles. The first kappa shape index (κ1) is 52.4. The summed E-state index contributed by atoms with van der Waals surface area (Å²) in [6.07, 6.45) is -1.48. The van der Waals surface area contributed by atoms with Crippen LogP contribution in [0.3, 0.4) is 0 Å².